The Morgan fingerprint density at radius 2 is 2.08 bits per heavy atom. The Morgan fingerprint density at radius 3 is 2.58 bits per heavy atom. The van der Waals surface area contributed by atoms with E-state index < -0.39 is 0 Å². The van der Waals surface area contributed by atoms with Crippen molar-refractivity contribution in [3.63, 3.8) is 0 Å². The van der Waals surface area contributed by atoms with Crippen molar-refractivity contribution in [3.8, 4) is 0 Å². The van der Waals surface area contributed by atoms with E-state index in [1.165, 1.54) is 15.4 Å². The number of nitrogens with zero attached hydrogens (tertiary/aromatic N) is 1. The van der Waals surface area contributed by atoms with Crippen LogP contribution in [0.4, 0.5) is 5.69 Å². The SMILES string of the molecule is C=CCN([SiH2][SiH3])c1ccccc1. The molecular formula is C9H15NSi2. The van der Waals surface area contributed by atoms with Crippen LogP contribution in [0, 0.1) is 0 Å². The first-order valence-corrected chi connectivity index (χ1v) is 10.6. The fourth-order valence-corrected chi connectivity index (χ4v) is 4.10. The summed E-state index contributed by atoms with van der Waals surface area (Å²) < 4.78 is 2.47. The number of hydrogen-bond acceptors (Lipinski definition) is 1. The van der Waals surface area contributed by atoms with Crippen molar-refractivity contribution < 1.29 is 0 Å². The van der Waals surface area contributed by atoms with Gasteiger partial charge in [-0.2, -0.15) is 0 Å². The Kier molecular flexibility index (Phi) is 3.83. The predicted octanol–water partition coefficient (Wildman–Crippen LogP) is 0.0432. The molecule has 1 nitrogen and oxygen atoms in total. The highest BCUT2D eigenvalue weighted by atomic mass is 29.1. The molecule has 0 spiro atoms. The van der Waals surface area contributed by atoms with Crippen LogP contribution in [0.25, 0.3) is 0 Å². The van der Waals surface area contributed by atoms with Gasteiger partial charge in [0.1, 0.15) is 9.20 Å². The molecule has 0 amide bonds. The molecule has 0 aromatic heterocycles. The largest absolute Gasteiger partial charge is 0.403 e. The van der Waals surface area contributed by atoms with Crippen LogP contribution < -0.4 is 4.57 Å². The van der Waals surface area contributed by atoms with Crippen LogP contribution >= 0.6 is 0 Å². The molecule has 0 bridgehead atoms. The summed E-state index contributed by atoms with van der Waals surface area (Å²) in [5.74, 6) is 0. The Morgan fingerprint density at radius 1 is 1.42 bits per heavy atom. The summed E-state index contributed by atoms with van der Waals surface area (Å²) in [4.78, 5) is 0. The third-order valence-electron chi connectivity index (χ3n) is 1.85. The van der Waals surface area contributed by atoms with E-state index in [1.807, 2.05) is 6.08 Å². The van der Waals surface area contributed by atoms with Crippen molar-refractivity contribution in [2.45, 2.75) is 0 Å². The number of rotatable bonds is 4. The minimum atomic E-state index is 0.0197. The van der Waals surface area contributed by atoms with Gasteiger partial charge in [0.15, 0.2) is 0 Å². The van der Waals surface area contributed by atoms with E-state index in [4.69, 9.17) is 0 Å². The maximum Gasteiger partial charge on any atom is 0.103 e. The van der Waals surface area contributed by atoms with Gasteiger partial charge in [0.2, 0.25) is 0 Å². The molecule has 1 aromatic rings. The molecule has 0 saturated heterocycles. The lowest BCUT2D eigenvalue weighted by Gasteiger charge is -2.21. The number of benzene rings is 1. The van der Waals surface area contributed by atoms with E-state index >= 15 is 0 Å². The minimum absolute atomic E-state index is 0.0197. The van der Waals surface area contributed by atoms with Gasteiger partial charge in [-0.05, 0) is 12.1 Å². The van der Waals surface area contributed by atoms with Gasteiger partial charge in [-0.25, -0.2) is 0 Å². The molecule has 3 heteroatoms. The number of para-hydroxylation sites is 1. The van der Waals surface area contributed by atoms with Crippen molar-refractivity contribution in [2.24, 2.45) is 0 Å². The van der Waals surface area contributed by atoms with E-state index in [2.05, 4.69) is 41.5 Å². The topological polar surface area (TPSA) is 3.24 Å². The third kappa shape index (κ3) is 2.35. The first-order valence-electron chi connectivity index (χ1n) is 4.29. The molecule has 1 rings (SSSR count). The fourth-order valence-electron chi connectivity index (χ4n) is 1.21. The van der Waals surface area contributed by atoms with Crippen LogP contribution in [0.1, 0.15) is 0 Å². The van der Waals surface area contributed by atoms with Gasteiger partial charge >= 0.3 is 0 Å². The van der Waals surface area contributed by atoms with Gasteiger partial charge in [-0.1, -0.05) is 24.3 Å². The Balaban J connectivity index is 2.72. The van der Waals surface area contributed by atoms with Crippen molar-refractivity contribution in [3.05, 3.63) is 43.0 Å². The predicted molar refractivity (Wildman–Crippen MR) is 62.5 cm³/mol. The van der Waals surface area contributed by atoms with Crippen molar-refractivity contribution in [2.75, 3.05) is 11.1 Å². The number of hydrogen-bond donors (Lipinski definition) is 0. The molecule has 1 aromatic carbocycles. The number of anilines is 1. The van der Waals surface area contributed by atoms with Crippen LogP contribution in [-0.4, -0.2) is 25.5 Å². The summed E-state index contributed by atoms with van der Waals surface area (Å²) in [7, 11) is 1.36. The zero-order valence-electron chi connectivity index (χ0n) is 7.53. The molecule has 0 heterocycles. The normalized spacial score (nSPS) is 10.7. The van der Waals surface area contributed by atoms with E-state index in [0.29, 0.717) is 0 Å². The Hall–Kier alpha value is -0.806. The van der Waals surface area contributed by atoms with Gasteiger partial charge < -0.3 is 4.57 Å². The summed E-state index contributed by atoms with van der Waals surface area (Å²) in [6.45, 7) is 4.78. The van der Waals surface area contributed by atoms with Crippen molar-refractivity contribution in [1.82, 2.24) is 0 Å². The summed E-state index contributed by atoms with van der Waals surface area (Å²) in [6.07, 6.45) is 1.98. The molecule has 64 valence electrons. The summed E-state index contributed by atoms with van der Waals surface area (Å²) in [5, 5.41) is 0. The average molecular weight is 193 g/mol. The average Bonchev–Trinajstić information content (AvgIpc) is 2.15. The first-order chi connectivity index (χ1) is 5.88. The fraction of sp³-hybridized carbons (Fsp3) is 0.111. The molecule has 12 heavy (non-hydrogen) atoms. The van der Waals surface area contributed by atoms with E-state index in [0.717, 1.165) is 6.54 Å². The van der Waals surface area contributed by atoms with Crippen molar-refractivity contribution in [1.29, 1.82) is 0 Å². The first kappa shape index (κ1) is 9.28. The van der Waals surface area contributed by atoms with Gasteiger partial charge in [-0.15, -0.1) is 6.58 Å². The zero-order chi connectivity index (χ0) is 8.81. The summed E-state index contributed by atoms with van der Waals surface area (Å²) in [5.41, 5.74) is 1.36. The minimum Gasteiger partial charge on any atom is -0.403 e. The molecule has 0 N–H and O–H groups in total. The molecule has 0 saturated carbocycles. The summed E-state index contributed by atoms with van der Waals surface area (Å²) in [6, 6.07) is 10.6. The van der Waals surface area contributed by atoms with Gasteiger partial charge in [0, 0.05) is 22.0 Å². The highest BCUT2D eigenvalue weighted by Gasteiger charge is 1.98. The Labute approximate surface area is 79.2 Å². The molecule has 0 aliphatic heterocycles. The van der Waals surface area contributed by atoms with Crippen LogP contribution in [0.3, 0.4) is 0 Å². The second kappa shape index (κ2) is 4.95. The monoisotopic (exact) mass is 193 g/mol. The lowest BCUT2D eigenvalue weighted by Crippen LogP contribution is -2.27. The van der Waals surface area contributed by atoms with Crippen LogP contribution in [0.15, 0.2) is 43.0 Å². The quantitative estimate of drug-likeness (QED) is 0.482. The lowest BCUT2D eigenvalue weighted by molar-refractivity contribution is 1.19. The van der Waals surface area contributed by atoms with Crippen LogP contribution in [0.5, 0.6) is 0 Å². The highest BCUT2D eigenvalue weighted by molar-refractivity contribution is 6.91. The van der Waals surface area contributed by atoms with E-state index in [9.17, 15) is 0 Å². The maximum absolute atomic E-state index is 3.77. The van der Waals surface area contributed by atoms with Gasteiger partial charge in [-0.3, -0.25) is 0 Å². The standard InChI is InChI=1S/C9H15NSi2/c1-2-8-10(12-11)9-6-4-3-5-7-9/h2-7H,1,8,12H2,11H3. The summed E-state index contributed by atoms with van der Waals surface area (Å²) >= 11 is 0. The highest BCUT2D eigenvalue weighted by Crippen LogP contribution is 2.10. The zero-order valence-corrected chi connectivity index (χ0v) is 10.9. The Bertz CT molecular complexity index is 236. The van der Waals surface area contributed by atoms with E-state index in [1.54, 1.807) is 0 Å². The molecule has 0 atom stereocenters. The van der Waals surface area contributed by atoms with Gasteiger partial charge in [0.25, 0.3) is 0 Å². The molecule has 0 unspecified atom stereocenters. The maximum atomic E-state index is 3.77. The second-order valence-corrected chi connectivity index (χ2v) is 5.96. The molecule has 0 aliphatic carbocycles. The van der Waals surface area contributed by atoms with Gasteiger partial charge in [0.05, 0.1) is 0 Å². The van der Waals surface area contributed by atoms with Crippen LogP contribution in [-0.2, 0) is 0 Å². The van der Waals surface area contributed by atoms with Crippen molar-refractivity contribution >= 4 is 24.6 Å². The molecule has 0 fully saturated rings. The van der Waals surface area contributed by atoms with E-state index in [-0.39, 0.29) is 9.20 Å². The molecule has 0 radical (unpaired) electrons. The lowest BCUT2D eigenvalue weighted by atomic mass is 10.3. The molecule has 0 aliphatic rings. The smallest absolute Gasteiger partial charge is 0.103 e. The van der Waals surface area contributed by atoms with Crippen LogP contribution in [0.2, 0.25) is 0 Å². The third-order valence-corrected chi connectivity index (χ3v) is 5.53. The second-order valence-electron chi connectivity index (χ2n) is 2.66. The molecular weight excluding hydrogens is 178 g/mol.